The van der Waals surface area contributed by atoms with Crippen LogP contribution in [0.25, 0.3) is 0 Å². The molecular formula is C13H19NO4. The van der Waals surface area contributed by atoms with E-state index in [2.05, 4.69) is 13.8 Å². The summed E-state index contributed by atoms with van der Waals surface area (Å²) in [6.45, 7) is 5.67. The number of pyridine rings is 1. The van der Waals surface area contributed by atoms with Crippen LogP contribution in [0.3, 0.4) is 0 Å². The van der Waals surface area contributed by atoms with Crippen molar-refractivity contribution in [2.24, 2.45) is 5.92 Å². The minimum Gasteiger partial charge on any atom is -0.477 e. The van der Waals surface area contributed by atoms with Gasteiger partial charge in [-0.05, 0) is 24.5 Å². The molecule has 0 unspecified atom stereocenters. The van der Waals surface area contributed by atoms with Crippen molar-refractivity contribution in [3.05, 3.63) is 34.2 Å². The van der Waals surface area contributed by atoms with Crippen LogP contribution < -0.4 is 5.56 Å². The lowest BCUT2D eigenvalue weighted by molar-refractivity contribution is 0.0693. The van der Waals surface area contributed by atoms with Gasteiger partial charge in [0.1, 0.15) is 5.56 Å². The highest BCUT2D eigenvalue weighted by Crippen LogP contribution is 1.99. The Balaban J connectivity index is 2.51. The maximum atomic E-state index is 11.7. The van der Waals surface area contributed by atoms with E-state index in [1.165, 1.54) is 10.6 Å². The third-order valence-electron chi connectivity index (χ3n) is 2.57. The zero-order valence-corrected chi connectivity index (χ0v) is 10.8. The van der Waals surface area contributed by atoms with Crippen LogP contribution >= 0.6 is 0 Å². The molecule has 0 amide bonds. The Morgan fingerprint density at radius 2 is 2.17 bits per heavy atom. The van der Waals surface area contributed by atoms with Crippen molar-refractivity contribution in [1.82, 2.24) is 4.57 Å². The third kappa shape index (κ3) is 4.33. The van der Waals surface area contributed by atoms with E-state index in [4.69, 9.17) is 9.84 Å². The van der Waals surface area contributed by atoms with Crippen molar-refractivity contribution >= 4 is 5.97 Å². The summed E-state index contributed by atoms with van der Waals surface area (Å²) in [5.41, 5.74) is -0.697. The zero-order chi connectivity index (χ0) is 13.5. The molecule has 0 fully saturated rings. The summed E-state index contributed by atoms with van der Waals surface area (Å²) in [4.78, 5) is 22.5. The number of carboxylic acid groups (broad SMARTS) is 1. The molecule has 0 atom stereocenters. The minimum atomic E-state index is -1.20. The Kier molecular flexibility index (Phi) is 5.58. The van der Waals surface area contributed by atoms with Crippen LogP contribution in [0.4, 0.5) is 0 Å². The van der Waals surface area contributed by atoms with Gasteiger partial charge in [0.15, 0.2) is 0 Å². The summed E-state index contributed by atoms with van der Waals surface area (Å²) in [6, 6.07) is 2.86. The molecule has 0 radical (unpaired) electrons. The van der Waals surface area contributed by atoms with Crippen LogP contribution in [-0.2, 0) is 11.3 Å². The van der Waals surface area contributed by atoms with E-state index in [0.717, 1.165) is 6.42 Å². The predicted molar refractivity (Wildman–Crippen MR) is 67.9 cm³/mol. The van der Waals surface area contributed by atoms with Gasteiger partial charge in [-0.15, -0.1) is 0 Å². The SMILES string of the molecule is CC(C)CCOCCn1cccc(C(=O)O)c1=O. The topological polar surface area (TPSA) is 68.5 Å². The molecule has 0 aliphatic heterocycles. The van der Waals surface area contributed by atoms with Crippen LogP contribution in [0.1, 0.15) is 30.6 Å². The fourth-order valence-corrected chi connectivity index (χ4v) is 1.46. The standard InChI is InChI=1S/C13H19NO4/c1-10(2)5-8-18-9-7-14-6-3-4-11(12(14)15)13(16)17/h3-4,6,10H,5,7-9H2,1-2H3,(H,16,17). The molecule has 5 heteroatoms. The molecule has 0 aromatic carbocycles. The van der Waals surface area contributed by atoms with Crippen LogP contribution in [-0.4, -0.2) is 28.9 Å². The smallest absolute Gasteiger partial charge is 0.341 e. The Morgan fingerprint density at radius 3 is 2.78 bits per heavy atom. The first-order valence-corrected chi connectivity index (χ1v) is 6.03. The third-order valence-corrected chi connectivity index (χ3v) is 2.57. The van der Waals surface area contributed by atoms with Gasteiger partial charge in [0.05, 0.1) is 6.61 Å². The first-order chi connectivity index (χ1) is 8.52. The van der Waals surface area contributed by atoms with Gasteiger partial charge in [0.25, 0.3) is 5.56 Å². The molecule has 1 heterocycles. The van der Waals surface area contributed by atoms with Gasteiger partial charge in [-0.2, -0.15) is 0 Å². The first kappa shape index (κ1) is 14.4. The maximum Gasteiger partial charge on any atom is 0.341 e. The van der Waals surface area contributed by atoms with Gasteiger partial charge in [-0.25, -0.2) is 4.79 Å². The largest absolute Gasteiger partial charge is 0.477 e. The second-order valence-electron chi connectivity index (χ2n) is 4.52. The fourth-order valence-electron chi connectivity index (χ4n) is 1.46. The van der Waals surface area contributed by atoms with Crippen molar-refractivity contribution in [3.8, 4) is 0 Å². The number of aromatic nitrogens is 1. The molecule has 1 N–H and O–H groups in total. The molecule has 0 saturated heterocycles. The summed E-state index contributed by atoms with van der Waals surface area (Å²) >= 11 is 0. The second kappa shape index (κ2) is 6.96. The number of hydrogen-bond acceptors (Lipinski definition) is 3. The molecule has 5 nitrogen and oxygen atoms in total. The monoisotopic (exact) mass is 253 g/mol. The van der Waals surface area contributed by atoms with Crippen molar-refractivity contribution in [3.63, 3.8) is 0 Å². The van der Waals surface area contributed by atoms with Gasteiger partial charge in [-0.1, -0.05) is 13.8 Å². The van der Waals surface area contributed by atoms with Crippen LogP contribution in [0, 0.1) is 5.92 Å². The van der Waals surface area contributed by atoms with Crippen LogP contribution in [0.15, 0.2) is 23.1 Å². The van der Waals surface area contributed by atoms with Crippen molar-refractivity contribution in [2.45, 2.75) is 26.8 Å². The number of aromatic carboxylic acids is 1. The van der Waals surface area contributed by atoms with Gasteiger partial charge in [0.2, 0.25) is 0 Å². The summed E-state index contributed by atoms with van der Waals surface area (Å²) in [7, 11) is 0. The van der Waals surface area contributed by atoms with Gasteiger partial charge >= 0.3 is 5.97 Å². The molecule has 0 bridgehead atoms. The van der Waals surface area contributed by atoms with Crippen LogP contribution in [0.2, 0.25) is 0 Å². The highest BCUT2D eigenvalue weighted by atomic mass is 16.5. The molecular weight excluding hydrogens is 234 g/mol. The number of carboxylic acids is 1. The number of rotatable bonds is 7. The lowest BCUT2D eigenvalue weighted by atomic mass is 10.1. The Labute approximate surface area is 106 Å². The van der Waals surface area contributed by atoms with E-state index < -0.39 is 11.5 Å². The Bertz CT molecular complexity index is 451. The molecule has 1 rings (SSSR count). The Hall–Kier alpha value is -1.62. The summed E-state index contributed by atoms with van der Waals surface area (Å²) in [5, 5.41) is 8.82. The zero-order valence-electron chi connectivity index (χ0n) is 10.8. The first-order valence-electron chi connectivity index (χ1n) is 6.03. The molecule has 0 aliphatic rings. The molecule has 1 aromatic heterocycles. The molecule has 0 spiro atoms. The number of hydrogen-bond donors (Lipinski definition) is 1. The maximum absolute atomic E-state index is 11.7. The van der Waals surface area contributed by atoms with Crippen LogP contribution in [0.5, 0.6) is 0 Å². The van der Waals surface area contributed by atoms with E-state index >= 15 is 0 Å². The highest BCUT2D eigenvalue weighted by molar-refractivity contribution is 5.86. The molecule has 1 aromatic rings. The summed E-state index contributed by atoms with van der Waals surface area (Å²) in [6.07, 6.45) is 2.55. The lowest BCUT2D eigenvalue weighted by Gasteiger charge is -2.08. The number of carbonyl (C=O) groups is 1. The van der Waals surface area contributed by atoms with E-state index in [1.54, 1.807) is 12.3 Å². The number of ether oxygens (including phenoxy) is 1. The van der Waals surface area contributed by atoms with E-state index in [1.807, 2.05) is 0 Å². The molecule has 18 heavy (non-hydrogen) atoms. The molecule has 100 valence electrons. The van der Waals surface area contributed by atoms with Crippen molar-refractivity contribution in [1.29, 1.82) is 0 Å². The Morgan fingerprint density at radius 1 is 1.44 bits per heavy atom. The molecule has 0 aliphatic carbocycles. The quantitative estimate of drug-likeness (QED) is 0.749. The lowest BCUT2D eigenvalue weighted by Crippen LogP contribution is -2.27. The highest BCUT2D eigenvalue weighted by Gasteiger charge is 2.09. The summed E-state index contributed by atoms with van der Waals surface area (Å²) in [5.74, 6) is -0.613. The van der Waals surface area contributed by atoms with E-state index in [9.17, 15) is 9.59 Å². The molecule has 0 saturated carbocycles. The van der Waals surface area contributed by atoms with Gasteiger partial charge in [0, 0.05) is 19.3 Å². The van der Waals surface area contributed by atoms with Crippen molar-refractivity contribution in [2.75, 3.05) is 13.2 Å². The minimum absolute atomic E-state index is 0.209. The average molecular weight is 253 g/mol. The average Bonchev–Trinajstić information content (AvgIpc) is 2.30. The van der Waals surface area contributed by atoms with Gasteiger partial charge in [-0.3, -0.25) is 4.79 Å². The number of nitrogens with zero attached hydrogens (tertiary/aromatic N) is 1. The van der Waals surface area contributed by atoms with Gasteiger partial charge < -0.3 is 14.4 Å². The fraction of sp³-hybridized carbons (Fsp3) is 0.538. The van der Waals surface area contributed by atoms with Crippen molar-refractivity contribution < 1.29 is 14.6 Å². The van der Waals surface area contributed by atoms with E-state index in [0.29, 0.717) is 25.7 Å². The second-order valence-corrected chi connectivity index (χ2v) is 4.52. The van der Waals surface area contributed by atoms with E-state index in [-0.39, 0.29) is 5.56 Å². The predicted octanol–water partition coefficient (Wildman–Crippen LogP) is 1.61. The summed E-state index contributed by atoms with van der Waals surface area (Å²) < 4.78 is 6.76. The normalized spacial score (nSPS) is 10.8.